The van der Waals surface area contributed by atoms with E-state index in [0.29, 0.717) is 16.7 Å². The molecule has 0 aliphatic carbocycles. The molecule has 5 aromatic rings. The van der Waals surface area contributed by atoms with E-state index in [1.54, 1.807) is 6.07 Å². The second-order valence-electron chi connectivity index (χ2n) is 6.97. The molecular weight excluding hydrogens is 334 g/mol. The summed E-state index contributed by atoms with van der Waals surface area (Å²) in [6, 6.07) is 22.0. The lowest BCUT2D eigenvalue weighted by atomic mass is 10.1. The van der Waals surface area contributed by atoms with E-state index in [1.165, 1.54) is 21.8 Å². The standard InChI is InChI=1S/C24H19NO2/c1-3-25-20-7-5-4-6-17(20)18-13-16(9-10-21(18)25)24-14-22(26)19-12-15(2)8-11-23(19)27-24/h4-14H,3H2,1-2H3. The van der Waals surface area contributed by atoms with Crippen LogP contribution in [0.15, 0.2) is 75.9 Å². The Hall–Kier alpha value is -3.33. The van der Waals surface area contributed by atoms with Gasteiger partial charge in [-0.15, -0.1) is 0 Å². The smallest absolute Gasteiger partial charge is 0.193 e. The fourth-order valence-corrected chi connectivity index (χ4v) is 3.96. The Kier molecular flexibility index (Phi) is 3.44. The minimum Gasteiger partial charge on any atom is -0.456 e. The minimum atomic E-state index is -0.00830. The van der Waals surface area contributed by atoms with Gasteiger partial charge in [0.2, 0.25) is 0 Å². The van der Waals surface area contributed by atoms with Crippen molar-refractivity contribution >= 4 is 32.8 Å². The van der Waals surface area contributed by atoms with E-state index in [4.69, 9.17) is 4.42 Å². The molecule has 0 aliphatic rings. The van der Waals surface area contributed by atoms with Gasteiger partial charge < -0.3 is 8.98 Å². The third kappa shape index (κ3) is 2.39. The molecule has 0 aliphatic heterocycles. The summed E-state index contributed by atoms with van der Waals surface area (Å²) in [6.45, 7) is 5.04. The molecular formula is C24H19NO2. The molecule has 132 valence electrons. The highest BCUT2D eigenvalue weighted by molar-refractivity contribution is 6.09. The molecule has 3 aromatic carbocycles. The van der Waals surface area contributed by atoms with Crippen LogP contribution in [0.1, 0.15) is 12.5 Å². The van der Waals surface area contributed by atoms with Gasteiger partial charge in [0, 0.05) is 40.0 Å². The zero-order valence-corrected chi connectivity index (χ0v) is 15.3. The fourth-order valence-electron chi connectivity index (χ4n) is 3.96. The summed E-state index contributed by atoms with van der Waals surface area (Å²) in [7, 11) is 0. The second kappa shape index (κ2) is 5.85. The molecule has 0 N–H and O–H groups in total. The SMILES string of the molecule is CCn1c2ccccc2c2cc(-c3cc(=O)c4cc(C)ccc4o3)ccc21. The summed E-state index contributed by atoms with van der Waals surface area (Å²) in [4.78, 5) is 12.6. The number of para-hydroxylation sites is 1. The summed E-state index contributed by atoms with van der Waals surface area (Å²) in [5.74, 6) is 0.603. The van der Waals surface area contributed by atoms with Gasteiger partial charge in [-0.3, -0.25) is 4.79 Å². The maximum Gasteiger partial charge on any atom is 0.193 e. The van der Waals surface area contributed by atoms with Crippen LogP contribution in [-0.2, 0) is 6.54 Å². The van der Waals surface area contributed by atoms with Crippen LogP contribution in [0.4, 0.5) is 0 Å². The van der Waals surface area contributed by atoms with Crippen molar-refractivity contribution in [2.75, 3.05) is 0 Å². The molecule has 0 saturated heterocycles. The summed E-state index contributed by atoms with van der Waals surface area (Å²) >= 11 is 0. The molecule has 0 spiro atoms. The van der Waals surface area contributed by atoms with Crippen LogP contribution in [0.25, 0.3) is 44.1 Å². The van der Waals surface area contributed by atoms with E-state index >= 15 is 0 Å². The van der Waals surface area contributed by atoms with Gasteiger partial charge in [-0.05, 0) is 50.2 Å². The quantitative estimate of drug-likeness (QED) is 0.396. The fraction of sp³-hybridized carbons (Fsp3) is 0.125. The first-order valence-electron chi connectivity index (χ1n) is 9.21. The first-order chi connectivity index (χ1) is 13.2. The highest BCUT2D eigenvalue weighted by atomic mass is 16.3. The third-order valence-electron chi connectivity index (χ3n) is 5.26. The molecule has 5 rings (SSSR count). The van der Waals surface area contributed by atoms with Gasteiger partial charge in [-0.25, -0.2) is 0 Å². The number of benzene rings is 3. The summed E-state index contributed by atoms with van der Waals surface area (Å²) in [5.41, 5.74) is 5.01. The Bertz CT molecular complexity index is 1390. The number of rotatable bonds is 2. The lowest BCUT2D eigenvalue weighted by Crippen LogP contribution is -2.00. The van der Waals surface area contributed by atoms with Crippen LogP contribution in [0.3, 0.4) is 0 Å². The average molecular weight is 353 g/mol. The molecule has 3 heteroatoms. The summed E-state index contributed by atoms with van der Waals surface area (Å²) < 4.78 is 8.38. The molecule has 0 atom stereocenters. The van der Waals surface area contributed by atoms with Gasteiger partial charge in [0.25, 0.3) is 0 Å². The van der Waals surface area contributed by atoms with E-state index in [9.17, 15) is 4.79 Å². The molecule has 2 aromatic heterocycles. The molecule has 0 saturated carbocycles. The van der Waals surface area contributed by atoms with Crippen LogP contribution in [0.2, 0.25) is 0 Å². The molecule has 0 fully saturated rings. The summed E-state index contributed by atoms with van der Waals surface area (Å²) in [5, 5.41) is 3.02. The Labute approximate surface area is 156 Å². The number of hydrogen-bond acceptors (Lipinski definition) is 2. The van der Waals surface area contributed by atoms with E-state index in [-0.39, 0.29) is 5.43 Å². The lowest BCUT2D eigenvalue weighted by Gasteiger charge is -2.06. The van der Waals surface area contributed by atoms with Crippen molar-refractivity contribution in [2.45, 2.75) is 20.4 Å². The van der Waals surface area contributed by atoms with Crippen molar-refractivity contribution in [3.63, 3.8) is 0 Å². The van der Waals surface area contributed by atoms with Gasteiger partial charge in [-0.2, -0.15) is 0 Å². The van der Waals surface area contributed by atoms with Crippen LogP contribution in [0, 0.1) is 6.92 Å². The Morgan fingerprint density at radius 2 is 1.67 bits per heavy atom. The number of nitrogens with zero attached hydrogens (tertiary/aromatic N) is 1. The van der Waals surface area contributed by atoms with Gasteiger partial charge in [0.15, 0.2) is 5.43 Å². The van der Waals surface area contributed by atoms with E-state index in [2.05, 4.69) is 47.9 Å². The third-order valence-corrected chi connectivity index (χ3v) is 5.26. The largest absolute Gasteiger partial charge is 0.456 e. The predicted octanol–water partition coefficient (Wildman–Crippen LogP) is 5.90. The number of aromatic nitrogens is 1. The second-order valence-corrected chi connectivity index (χ2v) is 6.97. The molecule has 0 radical (unpaired) electrons. The summed E-state index contributed by atoms with van der Waals surface area (Å²) in [6.07, 6.45) is 0. The molecule has 3 nitrogen and oxygen atoms in total. The van der Waals surface area contributed by atoms with Gasteiger partial charge >= 0.3 is 0 Å². The van der Waals surface area contributed by atoms with Gasteiger partial charge in [0.05, 0.1) is 5.39 Å². The van der Waals surface area contributed by atoms with Crippen molar-refractivity contribution in [3.05, 3.63) is 82.5 Å². The van der Waals surface area contributed by atoms with E-state index < -0.39 is 0 Å². The molecule has 0 unspecified atom stereocenters. The molecule has 2 heterocycles. The average Bonchev–Trinajstić information content (AvgIpc) is 3.01. The maximum atomic E-state index is 12.6. The van der Waals surface area contributed by atoms with Crippen molar-refractivity contribution in [3.8, 4) is 11.3 Å². The Morgan fingerprint density at radius 1 is 0.852 bits per heavy atom. The molecule has 0 amide bonds. The van der Waals surface area contributed by atoms with Crippen molar-refractivity contribution in [1.82, 2.24) is 4.57 Å². The van der Waals surface area contributed by atoms with Crippen molar-refractivity contribution in [2.24, 2.45) is 0 Å². The van der Waals surface area contributed by atoms with Crippen molar-refractivity contribution in [1.29, 1.82) is 0 Å². The predicted molar refractivity (Wildman–Crippen MR) is 111 cm³/mol. The molecule has 27 heavy (non-hydrogen) atoms. The first kappa shape index (κ1) is 15.9. The van der Waals surface area contributed by atoms with E-state index in [1.807, 2.05) is 31.2 Å². The minimum absolute atomic E-state index is 0.00830. The zero-order chi connectivity index (χ0) is 18.5. The highest BCUT2D eigenvalue weighted by Gasteiger charge is 2.12. The number of aryl methyl sites for hydroxylation is 2. The lowest BCUT2D eigenvalue weighted by molar-refractivity contribution is 0.619. The van der Waals surface area contributed by atoms with Gasteiger partial charge in [-0.1, -0.05) is 29.8 Å². The maximum absolute atomic E-state index is 12.6. The first-order valence-corrected chi connectivity index (χ1v) is 9.21. The van der Waals surface area contributed by atoms with Crippen molar-refractivity contribution < 1.29 is 4.42 Å². The van der Waals surface area contributed by atoms with Gasteiger partial charge in [0.1, 0.15) is 11.3 Å². The topological polar surface area (TPSA) is 35.1 Å². The normalized spacial score (nSPS) is 11.6. The number of fused-ring (bicyclic) bond motifs is 4. The number of hydrogen-bond donors (Lipinski definition) is 0. The van der Waals surface area contributed by atoms with Crippen LogP contribution in [-0.4, -0.2) is 4.57 Å². The Balaban J connectivity index is 1.79. The van der Waals surface area contributed by atoms with Crippen LogP contribution in [0.5, 0.6) is 0 Å². The monoisotopic (exact) mass is 353 g/mol. The van der Waals surface area contributed by atoms with E-state index in [0.717, 1.165) is 17.7 Å². The zero-order valence-electron chi connectivity index (χ0n) is 15.3. The van der Waals surface area contributed by atoms with Crippen LogP contribution < -0.4 is 5.43 Å². The molecule has 0 bridgehead atoms. The highest BCUT2D eigenvalue weighted by Crippen LogP contribution is 2.33. The van der Waals surface area contributed by atoms with Crippen LogP contribution >= 0.6 is 0 Å². The Morgan fingerprint density at radius 3 is 2.52 bits per heavy atom.